The largest absolute Gasteiger partial charge is 0.493 e. The molecule has 2 aliphatic rings. The fourth-order valence-electron chi connectivity index (χ4n) is 3.27. The summed E-state index contributed by atoms with van der Waals surface area (Å²) in [6, 6.07) is 13.7. The van der Waals surface area contributed by atoms with E-state index in [1.165, 1.54) is 17.7 Å². The Morgan fingerprint density at radius 2 is 1.77 bits per heavy atom. The number of rotatable bonds is 9. The van der Waals surface area contributed by atoms with Crippen LogP contribution >= 0.6 is 0 Å². The second kappa shape index (κ2) is 8.47. The van der Waals surface area contributed by atoms with Gasteiger partial charge in [-0.2, -0.15) is 0 Å². The van der Waals surface area contributed by atoms with Gasteiger partial charge in [0.2, 0.25) is 5.91 Å². The smallest absolute Gasteiger partial charge is 0.324 e. The third kappa shape index (κ3) is 5.18. The van der Waals surface area contributed by atoms with Crippen LogP contribution in [0, 0.1) is 5.92 Å². The molecule has 1 saturated heterocycles. The molecular weight excluding hydrogens is 404 g/mol. The summed E-state index contributed by atoms with van der Waals surface area (Å²) in [6.45, 7) is 1.04. The molecule has 2 aromatic carbocycles. The lowest BCUT2D eigenvalue weighted by molar-refractivity contribution is -0.118. The normalized spacial score (nSPS) is 16.6. The Kier molecular flexibility index (Phi) is 5.76. The number of aryl methyl sites for hydroxylation is 1. The van der Waals surface area contributed by atoms with Gasteiger partial charge >= 0.3 is 6.03 Å². The zero-order valence-corrected chi connectivity index (χ0v) is 17.4. The van der Waals surface area contributed by atoms with Gasteiger partial charge < -0.3 is 9.64 Å². The number of ether oxygens (including phenoxy) is 1. The summed E-state index contributed by atoms with van der Waals surface area (Å²) in [5.74, 6) is 0.899. The fraction of sp³-hybridized carbons (Fsp3) is 0.364. The number of sulfone groups is 1. The van der Waals surface area contributed by atoms with Gasteiger partial charge in [0.25, 0.3) is 0 Å². The zero-order valence-electron chi connectivity index (χ0n) is 16.5. The zero-order chi connectivity index (χ0) is 21.1. The van der Waals surface area contributed by atoms with Crippen LogP contribution in [0.15, 0.2) is 53.4 Å². The van der Waals surface area contributed by atoms with Gasteiger partial charge in [-0.15, -0.1) is 0 Å². The molecule has 0 spiro atoms. The van der Waals surface area contributed by atoms with Gasteiger partial charge in [0.15, 0.2) is 9.84 Å². The van der Waals surface area contributed by atoms with Gasteiger partial charge in [-0.25, -0.2) is 13.2 Å². The quantitative estimate of drug-likeness (QED) is 0.620. The van der Waals surface area contributed by atoms with Crippen molar-refractivity contribution in [2.45, 2.75) is 30.7 Å². The Bertz CT molecular complexity index is 1050. The molecule has 4 rings (SSSR count). The van der Waals surface area contributed by atoms with Crippen LogP contribution in [0.4, 0.5) is 4.79 Å². The van der Waals surface area contributed by atoms with Crippen LogP contribution in [0.25, 0.3) is 0 Å². The monoisotopic (exact) mass is 428 g/mol. The number of carbonyl (C=O) groups is 2. The molecule has 1 saturated carbocycles. The maximum atomic E-state index is 12.7. The number of imide groups is 1. The Morgan fingerprint density at radius 1 is 1.03 bits per heavy atom. The van der Waals surface area contributed by atoms with Crippen molar-refractivity contribution in [1.29, 1.82) is 0 Å². The van der Waals surface area contributed by atoms with Crippen molar-refractivity contribution >= 4 is 21.8 Å². The van der Waals surface area contributed by atoms with E-state index >= 15 is 0 Å². The van der Waals surface area contributed by atoms with Crippen LogP contribution in [-0.4, -0.2) is 44.2 Å². The highest BCUT2D eigenvalue weighted by Crippen LogP contribution is 2.30. The van der Waals surface area contributed by atoms with Crippen LogP contribution in [-0.2, 0) is 27.6 Å². The third-order valence-corrected chi connectivity index (χ3v) is 6.98. The minimum atomic E-state index is -3.42. The van der Waals surface area contributed by atoms with E-state index in [9.17, 15) is 18.0 Å². The second-order valence-corrected chi connectivity index (χ2v) is 9.93. The van der Waals surface area contributed by atoms with Gasteiger partial charge in [0, 0.05) is 6.54 Å². The number of nitrogens with zero attached hydrogens (tertiary/aromatic N) is 1. The van der Waals surface area contributed by atoms with E-state index in [1.54, 1.807) is 24.3 Å². The van der Waals surface area contributed by atoms with Crippen LogP contribution in [0.2, 0.25) is 0 Å². The predicted molar refractivity (Wildman–Crippen MR) is 111 cm³/mol. The van der Waals surface area contributed by atoms with Crippen molar-refractivity contribution in [2.75, 3.05) is 18.9 Å². The van der Waals surface area contributed by atoms with Crippen LogP contribution < -0.4 is 10.1 Å². The number of urea groups is 1. The molecule has 8 heteroatoms. The van der Waals surface area contributed by atoms with Crippen molar-refractivity contribution in [1.82, 2.24) is 10.2 Å². The Labute approximate surface area is 175 Å². The van der Waals surface area contributed by atoms with E-state index in [4.69, 9.17) is 4.74 Å². The summed E-state index contributed by atoms with van der Waals surface area (Å²) in [5, 5.41) is 2.24. The highest BCUT2D eigenvalue weighted by Gasteiger charge is 2.26. The molecule has 1 aliphatic heterocycles. The van der Waals surface area contributed by atoms with Gasteiger partial charge in [-0.1, -0.05) is 30.3 Å². The topological polar surface area (TPSA) is 92.8 Å². The molecule has 1 N–H and O–H groups in total. The highest BCUT2D eigenvalue weighted by molar-refractivity contribution is 7.91. The van der Waals surface area contributed by atoms with Gasteiger partial charge in [-0.3, -0.25) is 10.1 Å². The first-order valence-corrected chi connectivity index (χ1v) is 11.7. The number of hydrogen-bond acceptors (Lipinski definition) is 5. The molecule has 2 aromatic rings. The molecule has 0 bridgehead atoms. The fourth-order valence-corrected chi connectivity index (χ4v) is 4.59. The van der Waals surface area contributed by atoms with Crippen LogP contribution in [0.1, 0.15) is 24.0 Å². The summed E-state index contributed by atoms with van der Waals surface area (Å²) in [6.07, 6.45) is 2.75. The highest BCUT2D eigenvalue weighted by atomic mass is 32.2. The van der Waals surface area contributed by atoms with Gasteiger partial charge in [0.1, 0.15) is 12.3 Å². The number of hydrogen-bond donors (Lipinski definition) is 1. The summed E-state index contributed by atoms with van der Waals surface area (Å²) in [5.41, 5.74) is 1.78. The van der Waals surface area contributed by atoms with Crippen molar-refractivity contribution in [3.63, 3.8) is 0 Å². The Morgan fingerprint density at radius 3 is 2.43 bits per heavy atom. The standard InChI is InChI=1S/C22H24N2O5S/c25-21-14-24(22(26)23-21)13-17-6-4-16(5-7-17)10-11-30(27,28)20-3-1-2-19(12-20)29-15-18-8-9-18/h1-7,12,18H,8-11,13-15H2,(H,23,25,26). The lowest BCUT2D eigenvalue weighted by Crippen LogP contribution is -2.27. The lowest BCUT2D eigenvalue weighted by Gasteiger charge is -2.13. The van der Waals surface area contributed by atoms with Crippen molar-refractivity contribution in [2.24, 2.45) is 5.92 Å². The van der Waals surface area contributed by atoms with E-state index in [0.717, 1.165) is 11.1 Å². The van der Waals surface area contributed by atoms with E-state index in [2.05, 4.69) is 5.32 Å². The van der Waals surface area contributed by atoms with E-state index < -0.39 is 15.9 Å². The molecule has 0 atom stereocenters. The average Bonchev–Trinajstić information content (AvgIpc) is 3.50. The molecule has 2 fully saturated rings. The van der Waals surface area contributed by atoms with Crippen molar-refractivity contribution < 1.29 is 22.7 Å². The molecular formula is C22H24N2O5S. The second-order valence-electron chi connectivity index (χ2n) is 7.82. The number of carbonyl (C=O) groups excluding carboxylic acids is 2. The van der Waals surface area contributed by atoms with Crippen molar-refractivity contribution in [3.05, 3.63) is 59.7 Å². The SMILES string of the molecule is O=C1CN(Cc2ccc(CCS(=O)(=O)c3cccc(OCC4CC4)c3)cc2)C(=O)N1. The van der Waals surface area contributed by atoms with Crippen LogP contribution in [0.3, 0.4) is 0 Å². The van der Waals surface area contributed by atoms with E-state index in [1.807, 2.05) is 24.3 Å². The Balaban J connectivity index is 1.33. The van der Waals surface area contributed by atoms with Crippen molar-refractivity contribution in [3.8, 4) is 5.75 Å². The van der Waals surface area contributed by atoms with Gasteiger partial charge in [0.05, 0.1) is 17.3 Å². The average molecular weight is 429 g/mol. The third-order valence-electron chi connectivity index (χ3n) is 5.27. The summed E-state index contributed by atoms with van der Waals surface area (Å²) >= 11 is 0. The summed E-state index contributed by atoms with van der Waals surface area (Å²) < 4.78 is 31.2. The molecule has 0 unspecified atom stereocenters. The molecule has 7 nitrogen and oxygen atoms in total. The number of benzene rings is 2. The first-order chi connectivity index (χ1) is 14.4. The lowest BCUT2D eigenvalue weighted by atomic mass is 10.1. The molecule has 1 heterocycles. The molecule has 158 valence electrons. The number of nitrogens with one attached hydrogen (secondary N) is 1. The maximum absolute atomic E-state index is 12.7. The Hall–Kier alpha value is -2.87. The summed E-state index contributed by atoms with van der Waals surface area (Å²) in [7, 11) is -3.42. The molecule has 0 aromatic heterocycles. The first kappa shape index (κ1) is 20.4. The van der Waals surface area contributed by atoms with Crippen LogP contribution in [0.5, 0.6) is 5.75 Å². The summed E-state index contributed by atoms with van der Waals surface area (Å²) in [4.78, 5) is 24.6. The molecule has 0 radical (unpaired) electrons. The molecule has 3 amide bonds. The minimum Gasteiger partial charge on any atom is -0.493 e. The maximum Gasteiger partial charge on any atom is 0.324 e. The minimum absolute atomic E-state index is 0.00145. The van der Waals surface area contributed by atoms with E-state index in [-0.39, 0.29) is 23.1 Å². The molecule has 1 aliphatic carbocycles. The molecule has 30 heavy (non-hydrogen) atoms. The predicted octanol–water partition coefficient (Wildman–Crippen LogP) is 2.54. The first-order valence-electron chi connectivity index (χ1n) is 10.0. The number of amides is 3. The van der Waals surface area contributed by atoms with E-state index in [0.29, 0.717) is 31.2 Å². The van der Waals surface area contributed by atoms with Gasteiger partial charge in [-0.05, 0) is 54.5 Å².